The normalized spacial score (nSPS) is 12.8. The minimum absolute atomic E-state index is 0.141. The Hall–Kier alpha value is -3.17. The SMILES string of the molecule is CCN(CC)S(=O)(=O)c1ccc(NC(=O)c2noc3c2COc2ccc(C)cc2-3)cc1. The van der Waals surface area contributed by atoms with Crippen molar-refractivity contribution in [3.05, 3.63) is 59.3 Å². The second kappa shape index (κ2) is 8.16. The van der Waals surface area contributed by atoms with Gasteiger partial charge in [-0.15, -0.1) is 0 Å². The molecule has 0 bridgehead atoms. The van der Waals surface area contributed by atoms with E-state index in [0.717, 1.165) is 11.1 Å². The number of nitrogens with one attached hydrogen (secondary N) is 1. The molecule has 2 aromatic carbocycles. The van der Waals surface area contributed by atoms with E-state index >= 15 is 0 Å². The van der Waals surface area contributed by atoms with E-state index in [1.54, 1.807) is 26.0 Å². The summed E-state index contributed by atoms with van der Waals surface area (Å²) in [5.74, 6) is 0.756. The smallest absolute Gasteiger partial charge is 0.278 e. The van der Waals surface area contributed by atoms with Gasteiger partial charge in [0, 0.05) is 18.8 Å². The molecule has 4 rings (SSSR count). The minimum Gasteiger partial charge on any atom is -0.488 e. The van der Waals surface area contributed by atoms with Crippen LogP contribution in [0.2, 0.25) is 0 Å². The third-order valence-corrected chi connectivity index (χ3v) is 7.27. The van der Waals surface area contributed by atoms with Crippen LogP contribution in [0.5, 0.6) is 5.75 Å². The van der Waals surface area contributed by atoms with Gasteiger partial charge in [0.25, 0.3) is 5.91 Å². The van der Waals surface area contributed by atoms with Crippen LogP contribution in [-0.2, 0) is 16.6 Å². The van der Waals surface area contributed by atoms with Crippen molar-refractivity contribution in [2.45, 2.75) is 32.3 Å². The molecule has 1 aliphatic rings. The van der Waals surface area contributed by atoms with Gasteiger partial charge in [-0.2, -0.15) is 4.31 Å². The number of amides is 1. The second-order valence-electron chi connectivity index (χ2n) is 7.19. The van der Waals surface area contributed by atoms with Crippen molar-refractivity contribution in [1.82, 2.24) is 9.46 Å². The average Bonchev–Trinajstić information content (AvgIpc) is 3.19. The Morgan fingerprint density at radius 3 is 2.52 bits per heavy atom. The monoisotopic (exact) mass is 441 g/mol. The lowest BCUT2D eigenvalue weighted by Crippen LogP contribution is -2.30. The minimum atomic E-state index is -3.56. The van der Waals surface area contributed by atoms with Crippen LogP contribution >= 0.6 is 0 Å². The van der Waals surface area contributed by atoms with Gasteiger partial charge in [-0.05, 0) is 43.3 Å². The zero-order valence-corrected chi connectivity index (χ0v) is 18.3. The first kappa shape index (κ1) is 21.1. The fourth-order valence-corrected chi connectivity index (χ4v) is 5.00. The highest BCUT2D eigenvalue weighted by Crippen LogP contribution is 2.39. The van der Waals surface area contributed by atoms with Gasteiger partial charge in [0.2, 0.25) is 10.0 Å². The van der Waals surface area contributed by atoms with E-state index in [-0.39, 0.29) is 17.2 Å². The second-order valence-corrected chi connectivity index (χ2v) is 9.13. The van der Waals surface area contributed by atoms with Crippen LogP contribution in [0.3, 0.4) is 0 Å². The molecule has 0 saturated heterocycles. The Kier molecular flexibility index (Phi) is 5.55. The summed E-state index contributed by atoms with van der Waals surface area (Å²) in [4.78, 5) is 13.0. The summed E-state index contributed by atoms with van der Waals surface area (Å²) in [5.41, 5.74) is 2.97. The first-order valence-corrected chi connectivity index (χ1v) is 11.4. The number of rotatable bonds is 6. The molecular formula is C22H23N3O5S. The maximum atomic E-state index is 12.8. The van der Waals surface area contributed by atoms with Crippen molar-refractivity contribution < 1.29 is 22.5 Å². The van der Waals surface area contributed by atoms with Crippen LogP contribution in [-0.4, -0.2) is 36.9 Å². The lowest BCUT2D eigenvalue weighted by atomic mass is 10.0. The third-order valence-electron chi connectivity index (χ3n) is 5.21. The van der Waals surface area contributed by atoms with Crippen molar-refractivity contribution in [3.8, 4) is 17.1 Å². The molecule has 1 aromatic heterocycles. The van der Waals surface area contributed by atoms with Crippen molar-refractivity contribution in [1.29, 1.82) is 0 Å². The molecule has 2 heterocycles. The highest BCUT2D eigenvalue weighted by Gasteiger charge is 2.29. The van der Waals surface area contributed by atoms with Crippen molar-refractivity contribution >= 4 is 21.6 Å². The Morgan fingerprint density at radius 2 is 1.84 bits per heavy atom. The summed E-state index contributed by atoms with van der Waals surface area (Å²) in [6.07, 6.45) is 0. The molecule has 0 radical (unpaired) electrons. The van der Waals surface area contributed by atoms with E-state index in [0.29, 0.717) is 35.9 Å². The Morgan fingerprint density at radius 1 is 1.13 bits per heavy atom. The number of hydrogen-bond acceptors (Lipinski definition) is 6. The van der Waals surface area contributed by atoms with Gasteiger partial charge in [-0.3, -0.25) is 4.79 Å². The van der Waals surface area contributed by atoms with Gasteiger partial charge in [0.1, 0.15) is 12.4 Å². The zero-order valence-electron chi connectivity index (χ0n) is 17.5. The summed E-state index contributed by atoms with van der Waals surface area (Å²) < 4.78 is 37.8. The summed E-state index contributed by atoms with van der Waals surface area (Å²) >= 11 is 0. The average molecular weight is 442 g/mol. The van der Waals surface area contributed by atoms with Gasteiger partial charge in [-0.1, -0.05) is 30.6 Å². The molecule has 9 heteroatoms. The predicted octanol–water partition coefficient (Wildman–Crippen LogP) is 3.83. The number of hydrogen-bond donors (Lipinski definition) is 1. The van der Waals surface area contributed by atoms with Gasteiger partial charge >= 0.3 is 0 Å². The number of aromatic nitrogens is 1. The van der Waals surface area contributed by atoms with E-state index in [1.165, 1.54) is 16.4 Å². The van der Waals surface area contributed by atoms with Gasteiger partial charge in [0.15, 0.2) is 11.5 Å². The number of nitrogens with zero attached hydrogens (tertiary/aromatic N) is 2. The fourth-order valence-electron chi connectivity index (χ4n) is 3.54. The molecule has 1 N–H and O–H groups in total. The van der Waals surface area contributed by atoms with E-state index in [2.05, 4.69) is 10.5 Å². The standard InChI is InChI=1S/C22H23N3O5S/c1-4-25(5-2)31(27,28)16-9-7-15(8-10-16)23-22(26)20-18-13-29-19-11-6-14(3)12-17(19)21(18)30-24-20/h6-12H,4-5,13H2,1-3H3,(H,23,26). The van der Waals surface area contributed by atoms with E-state index < -0.39 is 15.9 Å². The van der Waals surface area contributed by atoms with Crippen molar-refractivity contribution in [3.63, 3.8) is 0 Å². The van der Waals surface area contributed by atoms with Gasteiger partial charge in [-0.25, -0.2) is 8.42 Å². The Bertz CT molecular complexity index is 1230. The third kappa shape index (κ3) is 3.82. The summed E-state index contributed by atoms with van der Waals surface area (Å²) in [7, 11) is -3.56. The van der Waals surface area contributed by atoms with Crippen molar-refractivity contribution in [2.75, 3.05) is 18.4 Å². The lowest BCUT2D eigenvalue weighted by Gasteiger charge is -2.18. The molecule has 162 valence electrons. The lowest BCUT2D eigenvalue weighted by molar-refractivity contribution is 0.101. The van der Waals surface area contributed by atoms with Gasteiger partial charge < -0.3 is 14.6 Å². The van der Waals surface area contributed by atoms with Crippen LogP contribution in [0.25, 0.3) is 11.3 Å². The molecule has 1 amide bonds. The van der Waals surface area contributed by atoms with E-state index in [4.69, 9.17) is 9.26 Å². The zero-order chi connectivity index (χ0) is 22.2. The van der Waals surface area contributed by atoms with Crippen LogP contribution in [0.4, 0.5) is 5.69 Å². The number of fused-ring (bicyclic) bond motifs is 3. The molecule has 0 aliphatic carbocycles. The molecular weight excluding hydrogens is 418 g/mol. The number of carbonyl (C=O) groups excluding carboxylic acids is 1. The van der Waals surface area contributed by atoms with E-state index in [9.17, 15) is 13.2 Å². The van der Waals surface area contributed by atoms with E-state index in [1.807, 2.05) is 25.1 Å². The van der Waals surface area contributed by atoms with Crippen LogP contribution in [0.15, 0.2) is 51.9 Å². The largest absolute Gasteiger partial charge is 0.488 e. The quantitative estimate of drug-likeness (QED) is 0.624. The predicted molar refractivity (Wildman–Crippen MR) is 116 cm³/mol. The molecule has 0 saturated carbocycles. The van der Waals surface area contributed by atoms with Crippen LogP contribution < -0.4 is 10.1 Å². The molecule has 0 spiro atoms. The first-order valence-electron chi connectivity index (χ1n) is 9.99. The highest BCUT2D eigenvalue weighted by molar-refractivity contribution is 7.89. The molecule has 0 unspecified atom stereocenters. The van der Waals surface area contributed by atoms with Crippen LogP contribution in [0, 0.1) is 6.92 Å². The van der Waals surface area contributed by atoms with Crippen LogP contribution in [0.1, 0.15) is 35.5 Å². The fraction of sp³-hybridized carbons (Fsp3) is 0.273. The number of sulfonamides is 1. The molecule has 8 nitrogen and oxygen atoms in total. The number of benzene rings is 2. The Labute approximate surface area is 180 Å². The Balaban J connectivity index is 1.55. The molecule has 0 fully saturated rings. The summed E-state index contributed by atoms with van der Waals surface area (Å²) in [6.45, 7) is 6.50. The number of ether oxygens (including phenoxy) is 1. The molecule has 3 aromatic rings. The first-order chi connectivity index (χ1) is 14.8. The highest BCUT2D eigenvalue weighted by atomic mass is 32.2. The maximum absolute atomic E-state index is 12.8. The number of carbonyl (C=O) groups is 1. The topological polar surface area (TPSA) is 102 Å². The van der Waals surface area contributed by atoms with Crippen molar-refractivity contribution in [2.24, 2.45) is 0 Å². The summed E-state index contributed by atoms with van der Waals surface area (Å²) in [5, 5.41) is 6.70. The van der Waals surface area contributed by atoms with Gasteiger partial charge in [0.05, 0.1) is 16.0 Å². The number of aryl methyl sites for hydroxylation is 1. The number of anilines is 1. The molecule has 31 heavy (non-hydrogen) atoms. The molecule has 1 aliphatic heterocycles. The maximum Gasteiger partial charge on any atom is 0.278 e. The molecule has 0 atom stereocenters. The summed E-state index contributed by atoms with van der Waals surface area (Å²) in [6, 6.07) is 11.8.